The van der Waals surface area contributed by atoms with Crippen molar-refractivity contribution < 1.29 is 17.9 Å². The highest BCUT2D eigenvalue weighted by molar-refractivity contribution is 7.91. The molecule has 2 atom stereocenters. The van der Waals surface area contributed by atoms with E-state index in [9.17, 15) is 13.2 Å². The summed E-state index contributed by atoms with van der Waals surface area (Å²) in [7, 11) is -2.99. The molecule has 0 spiro atoms. The van der Waals surface area contributed by atoms with E-state index >= 15 is 0 Å². The predicted octanol–water partition coefficient (Wildman–Crippen LogP) is 1.67. The molecule has 1 N–H and O–H groups in total. The molecule has 1 aromatic rings. The number of ether oxygens (including phenoxy) is 1. The highest BCUT2D eigenvalue weighted by atomic mass is 35.5. The standard InChI is InChI=1S/C19H27ClN2O4S/c20-16-5-3-15(4-6-16)7-9-21-19(23)13-22(12-18-2-1-10-26-18)17-8-11-27(24,25)14-17/h3-6,17-18H,1-2,7-14H2,(H,21,23). The van der Waals surface area contributed by atoms with Gasteiger partial charge in [-0.15, -0.1) is 0 Å². The highest BCUT2D eigenvalue weighted by Gasteiger charge is 2.34. The third-order valence-corrected chi connectivity index (χ3v) is 7.19. The van der Waals surface area contributed by atoms with Gasteiger partial charge in [0.1, 0.15) is 0 Å². The molecule has 150 valence electrons. The summed E-state index contributed by atoms with van der Waals surface area (Å²) in [5.74, 6) is 0.265. The van der Waals surface area contributed by atoms with Crippen molar-refractivity contribution in [2.45, 2.75) is 37.8 Å². The van der Waals surface area contributed by atoms with Gasteiger partial charge in [-0.1, -0.05) is 23.7 Å². The maximum absolute atomic E-state index is 12.4. The first-order valence-electron chi connectivity index (χ1n) is 9.48. The smallest absolute Gasteiger partial charge is 0.234 e. The van der Waals surface area contributed by atoms with Gasteiger partial charge < -0.3 is 10.1 Å². The average Bonchev–Trinajstić information content (AvgIpc) is 3.25. The lowest BCUT2D eigenvalue weighted by atomic mass is 10.1. The summed E-state index contributed by atoms with van der Waals surface area (Å²) in [4.78, 5) is 14.4. The Hall–Kier alpha value is -1.15. The number of nitrogens with zero attached hydrogens (tertiary/aromatic N) is 1. The topological polar surface area (TPSA) is 75.7 Å². The second-order valence-corrected chi connectivity index (χ2v) is 10.0. The molecule has 0 saturated carbocycles. The number of carbonyl (C=O) groups excluding carboxylic acids is 1. The minimum Gasteiger partial charge on any atom is -0.377 e. The summed E-state index contributed by atoms with van der Waals surface area (Å²) >= 11 is 5.88. The summed E-state index contributed by atoms with van der Waals surface area (Å²) in [5.41, 5.74) is 1.11. The second kappa shape index (κ2) is 9.37. The average molecular weight is 415 g/mol. The monoisotopic (exact) mass is 414 g/mol. The summed E-state index contributed by atoms with van der Waals surface area (Å²) in [6, 6.07) is 7.47. The zero-order valence-electron chi connectivity index (χ0n) is 15.4. The van der Waals surface area contributed by atoms with Crippen molar-refractivity contribution in [1.82, 2.24) is 10.2 Å². The van der Waals surface area contributed by atoms with Crippen molar-refractivity contribution in [3.63, 3.8) is 0 Å². The fourth-order valence-corrected chi connectivity index (χ4v) is 5.58. The Morgan fingerprint density at radius 2 is 2.04 bits per heavy atom. The van der Waals surface area contributed by atoms with E-state index in [1.807, 2.05) is 29.2 Å². The number of sulfone groups is 1. The number of rotatable bonds is 8. The molecular formula is C19H27ClN2O4S. The summed E-state index contributed by atoms with van der Waals surface area (Å²) in [6.45, 7) is 2.11. The van der Waals surface area contributed by atoms with Crippen molar-refractivity contribution in [1.29, 1.82) is 0 Å². The molecule has 1 amide bonds. The van der Waals surface area contributed by atoms with Crippen LogP contribution < -0.4 is 5.32 Å². The van der Waals surface area contributed by atoms with Crippen molar-refractivity contribution in [2.75, 3.05) is 37.7 Å². The molecule has 2 heterocycles. The van der Waals surface area contributed by atoms with Crippen molar-refractivity contribution in [3.05, 3.63) is 34.9 Å². The Morgan fingerprint density at radius 3 is 2.67 bits per heavy atom. The van der Waals surface area contributed by atoms with Gasteiger partial charge in [0.15, 0.2) is 9.84 Å². The number of carbonyl (C=O) groups is 1. The van der Waals surface area contributed by atoms with Gasteiger partial charge in [0.05, 0.1) is 24.2 Å². The van der Waals surface area contributed by atoms with Crippen molar-refractivity contribution >= 4 is 27.3 Å². The molecule has 1 aromatic carbocycles. The molecule has 2 unspecified atom stereocenters. The SMILES string of the molecule is O=C(CN(CC1CCCO1)C1CCS(=O)(=O)C1)NCCc1ccc(Cl)cc1. The largest absolute Gasteiger partial charge is 0.377 e. The van der Waals surface area contributed by atoms with E-state index in [4.69, 9.17) is 16.3 Å². The van der Waals surface area contributed by atoms with E-state index in [-0.39, 0.29) is 36.1 Å². The van der Waals surface area contributed by atoms with Gasteiger partial charge in [0.25, 0.3) is 0 Å². The van der Waals surface area contributed by atoms with Gasteiger partial charge in [0.2, 0.25) is 5.91 Å². The van der Waals surface area contributed by atoms with Crippen LogP contribution in [0.5, 0.6) is 0 Å². The summed E-state index contributed by atoms with van der Waals surface area (Å²) < 4.78 is 29.4. The van der Waals surface area contributed by atoms with E-state index in [0.717, 1.165) is 31.4 Å². The minimum absolute atomic E-state index is 0.0775. The molecule has 0 aromatic heterocycles. The fourth-order valence-electron chi connectivity index (χ4n) is 3.69. The Labute approximate surface area is 166 Å². The van der Waals surface area contributed by atoms with E-state index in [1.165, 1.54) is 0 Å². The molecule has 27 heavy (non-hydrogen) atoms. The van der Waals surface area contributed by atoms with Gasteiger partial charge in [0, 0.05) is 30.8 Å². The summed E-state index contributed by atoms with van der Waals surface area (Å²) in [6.07, 6.45) is 3.40. The van der Waals surface area contributed by atoms with E-state index in [1.54, 1.807) is 0 Å². The first kappa shape index (κ1) is 20.6. The van der Waals surface area contributed by atoms with Gasteiger partial charge in [-0.25, -0.2) is 8.42 Å². The number of benzene rings is 1. The first-order chi connectivity index (χ1) is 12.9. The molecule has 2 fully saturated rings. The lowest BCUT2D eigenvalue weighted by molar-refractivity contribution is -0.123. The molecule has 2 saturated heterocycles. The Balaban J connectivity index is 1.50. The van der Waals surface area contributed by atoms with Crippen LogP contribution in [-0.4, -0.2) is 69.1 Å². The van der Waals surface area contributed by atoms with Crippen LogP contribution in [0, 0.1) is 0 Å². The number of halogens is 1. The van der Waals surface area contributed by atoms with Gasteiger partial charge >= 0.3 is 0 Å². The lowest BCUT2D eigenvalue weighted by Crippen LogP contribution is -2.47. The van der Waals surface area contributed by atoms with Crippen molar-refractivity contribution in [2.24, 2.45) is 0 Å². The third-order valence-electron chi connectivity index (χ3n) is 5.18. The van der Waals surface area contributed by atoms with E-state index < -0.39 is 9.84 Å². The second-order valence-electron chi connectivity index (χ2n) is 7.35. The molecule has 2 aliphatic rings. The molecule has 0 radical (unpaired) electrons. The van der Waals surface area contributed by atoms with Crippen LogP contribution in [0.3, 0.4) is 0 Å². The molecule has 6 nitrogen and oxygen atoms in total. The van der Waals surface area contributed by atoms with E-state index in [0.29, 0.717) is 24.5 Å². The van der Waals surface area contributed by atoms with Crippen LogP contribution >= 0.6 is 11.6 Å². The molecule has 8 heteroatoms. The van der Waals surface area contributed by atoms with Gasteiger partial charge in [-0.05, 0) is 43.4 Å². The Morgan fingerprint density at radius 1 is 1.26 bits per heavy atom. The van der Waals surface area contributed by atoms with E-state index in [2.05, 4.69) is 5.32 Å². The molecule has 3 rings (SSSR count). The van der Waals surface area contributed by atoms with Crippen LogP contribution in [0.4, 0.5) is 0 Å². The Bertz CT molecular complexity index is 733. The highest BCUT2D eigenvalue weighted by Crippen LogP contribution is 2.21. The molecular weight excluding hydrogens is 388 g/mol. The normalized spacial score (nSPS) is 24.4. The fraction of sp³-hybridized carbons (Fsp3) is 0.632. The van der Waals surface area contributed by atoms with Crippen LogP contribution in [-0.2, 0) is 25.8 Å². The quantitative estimate of drug-likeness (QED) is 0.700. The zero-order valence-corrected chi connectivity index (χ0v) is 17.0. The maximum atomic E-state index is 12.4. The minimum atomic E-state index is -2.99. The Kier molecular flexibility index (Phi) is 7.14. The van der Waals surface area contributed by atoms with Gasteiger partial charge in [-0.2, -0.15) is 0 Å². The third kappa shape index (κ3) is 6.45. The van der Waals surface area contributed by atoms with Gasteiger partial charge in [-0.3, -0.25) is 9.69 Å². The number of hydrogen-bond acceptors (Lipinski definition) is 5. The molecule has 2 aliphatic heterocycles. The van der Waals surface area contributed by atoms with Crippen LogP contribution in [0.1, 0.15) is 24.8 Å². The first-order valence-corrected chi connectivity index (χ1v) is 11.7. The maximum Gasteiger partial charge on any atom is 0.234 e. The number of hydrogen-bond donors (Lipinski definition) is 1. The number of nitrogens with one attached hydrogen (secondary N) is 1. The summed E-state index contributed by atoms with van der Waals surface area (Å²) in [5, 5.41) is 3.64. The predicted molar refractivity (Wildman–Crippen MR) is 106 cm³/mol. The number of amides is 1. The van der Waals surface area contributed by atoms with Crippen LogP contribution in [0.15, 0.2) is 24.3 Å². The van der Waals surface area contributed by atoms with Crippen LogP contribution in [0.25, 0.3) is 0 Å². The van der Waals surface area contributed by atoms with Crippen LogP contribution in [0.2, 0.25) is 5.02 Å². The molecule has 0 bridgehead atoms. The lowest BCUT2D eigenvalue weighted by Gasteiger charge is -2.29. The zero-order chi connectivity index (χ0) is 19.3. The van der Waals surface area contributed by atoms with Crippen molar-refractivity contribution in [3.8, 4) is 0 Å². The molecule has 0 aliphatic carbocycles.